The number of aliphatic hydroxyl groups is 1. The molecular formula is C38H59N5O6. The number of carbonyl (C=O) groups excluding carboxylic acids is 3. The summed E-state index contributed by atoms with van der Waals surface area (Å²) in [7, 11) is 2.10. The smallest absolute Gasteiger partial charge is 0.258 e. The van der Waals surface area contributed by atoms with Crippen molar-refractivity contribution in [3.63, 3.8) is 0 Å². The summed E-state index contributed by atoms with van der Waals surface area (Å²) in [6, 6.07) is 11.9. The fraction of sp³-hybridized carbons (Fsp3) is 0.605. The van der Waals surface area contributed by atoms with Gasteiger partial charge >= 0.3 is 0 Å². The maximum atomic E-state index is 14.3. The predicted octanol–water partition coefficient (Wildman–Crippen LogP) is 5.93. The molecule has 5 N–H and O–H groups in total. The lowest BCUT2D eigenvalue weighted by Crippen LogP contribution is -2.47. The molecule has 3 amide bonds. The number of nitrogens with one attached hydrogen (secondary N) is 2. The van der Waals surface area contributed by atoms with Crippen LogP contribution in [0.25, 0.3) is 0 Å². The molecule has 11 heteroatoms. The van der Waals surface area contributed by atoms with Crippen LogP contribution in [0.5, 0.6) is 5.75 Å². The molecule has 272 valence electrons. The lowest BCUT2D eigenvalue weighted by molar-refractivity contribution is -0.116. The number of anilines is 3. The molecule has 0 unspecified atom stereocenters. The first-order valence-corrected chi connectivity index (χ1v) is 18.0. The van der Waals surface area contributed by atoms with Gasteiger partial charge in [-0.05, 0) is 96.3 Å². The van der Waals surface area contributed by atoms with E-state index in [1.807, 2.05) is 26.0 Å². The zero-order chi connectivity index (χ0) is 35.8. The molecule has 1 heterocycles. The van der Waals surface area contributed by atoms with E-state index in [4.69, 9.17) is 15.2 Å². The molecule has 0 aliphatic carbocycles. The van der Waals surface area contributed by atoms with E-state index in [0.717, 1.165) is 38.8 Å². The minimum absolute atomic E-state index is 0.00826. The number of fused-ring (bicyclic) bond motifs is 1. The second-order valence-corrected chi connectivity index (χ2v) is 13.5. The topological polar surface area (TPSA) is 146 Å². The Morgan fingerprint density at radius 3 is 2.47 bits per heavy atom. The summed E-state index contributed by atoms with van der Waals surface area (Å²) >= 11 is 0. The Bertz CT molecular complexity index is 1340. The standard InChI is InChI=1S/C38H59N5O6/c1-6-21-42(5)25-35-27(2)24-43(28(3)26-44)38(47)31-23-30(19-20-34(31)49-29(4)14-12-13-22-48-35)40-36(45)17-8-7-9-18-37(46)41-33-16-11-10-15-32(33)39/h10-11,15-16,19-20,23,27-29,35,44H,6-9,12-14,17-18,21-22,24-26,39H2,1-5H3,(H,40,45)(H,41,46)/t27-,28+,29+,35-/m0/s1. The molecule has 2 aromatic rings. The molecule has 1 aliphatic heterocycles. The van der Waals surface area contributed by atoms with E-state index >= 15 is 0 Å². The zero-order valence-corrected chi connectivity index (χ0v) is 30.2. The number of aliphatic hydroxyl groups excluding tert-OH is 1. The molecule has 0 fully saturated rings. The van der Waals surface area contributed by atoms with Crippen LogP contribution in [0.4, 0.5) is 17.1 Å². The van der Waals surface area contributed by atoms with Gasteiger partial charge in [0.05, 0.1) is 41.8 Å². The lowest BCUT2D eigenvalue weighted by atomic mass is 10.0. The van der Waals surface area contributed by atoms with Gasteiger partial charge in [0.2, 0.25) is 11.8 Å². The summed E-state index contributed by atoms with van der Waals surface area (Å²) in [6.45, 7) is 10.7. The van der Waals surface area contributed by atoms with Crippen molar-refractivity contribution in [2.24, 2.45) is 5.92 Å². The first-order chi connectivity index (χ1) is 23.5. The van der Waals surface area contributed by atoms with Crippen molar-refractivity contribution in [1.82, 2.24) is 9.80 Å². The summed E-state index contributed by atoms with van der Waals surface area (Å²) in [6.07, 6.45) is 6.10. The fourth-order valence-electron chi connectivity index (χ4n) is 6.04. The summed E-state index contributed by atoms with van der Waals surface area (Å²) in [5.41, 5.74) is 7.87. The van der Waals surface area contributed by atoms with E-state index in [-0.39, 0.29) is 48.9 Å². The third-order valence-corrected chi connectivity index (χ3v) is 8.97. The van der Waals surface area contributed by atoms with Gasteiger partial charge in [-0.25, -0.2) is 0 Å². The molecule has 1 aliphatic rings. The summed E-state index contributed by atoms with van der Waals surface area (Å²) in [5, 5.41) is 16.0. The molecule has 49 heavy (non-hydrogen) atoms. The number of rotatable bonds is 14. The molecule has 3 rings (SSSR count). The second-order valence-electron chi connectivity index (χ2n) is 13.5. The van der Waals surface area contributed by atoms with Crippen LogP contribution < -0.4 is 21.1 Å². The van der Waals surface area contributed by atoms with E-state index in [0.29, 0.717) is 67.2 Å². The Labute approximate surface area is 292 Å². The zero-order valence-electron chi connectivity index (χ0n) is 30.2. The quantitative estimate of drug-likeness (QED) is 0.142. The Balaban J connectivity index is 1.69. The molecule has 0 bridgehead atoms. The van der Waals surface area contributed by atoms with Crippen LogP contribution in [-0.4, -0.2) is 90.8 Å². The largest absolute Gasteiger partial charge is 0.490 e. The molecule has 0 spiro atoms. The Morgan fingerprint density at radius 1 is 1.06 bits per heavy atom. The molecule has 11 nitrogen and oxygen atoms in total. The van der Waals surface area contributed by atoms with Crippen molar-refractivity contribution >= 4 is 34.8 Å². The Morgan fingerprint density at radius 2 is 1.78 bits per heavy atom. The number of nitrogen functional groups attached to an aromatic ring is 1. The van der Waals surface area contributed by atoms with Crippen LogP contribution in [0, 0.1) is 5.92 Å². The highest BCUT2D eigenvalue weighted by Crippen LogP contribution is 2.29. The summed E-state index contributed by atoms with van der Waals surface area (Å²) in [4.78, 5) is 43.5. The summed E-state index contributed by atoms with van der Waals surface area (Å²) in [5.74, 6) is -0.0797. The lowest BCUT2D eigenvalue weighted by Gasteiger charge is -2.35. The van der Waals surface area contributed by atoms with Gasteiger partial charge in [-0.1, -0.05) is 32.4 Å². The average Bonchev–Trinajstić information content (AvgIpc) is 3.07. The van der Waals surface area contributed by atoms with Crippen LogP contribution in [0.3, 0.4) is 0 Å². The number of nitrogens with two attached hydrogens (primary N) is 1. The Hall–Kier alpha value is -3.67. The highest BCUT2D eigenvalue weighted by Gasteiger charge is 2.30. The van der Waals surface area contributed by atoms with Gasteiger partial charge in [-0.3, -0.25) is 14.4 Å². The van der Waals surface area contributed by atoms with Crippen LogP contribution in [-0.2, 0) is 14.3 Å². The molecule has 0 radical (unpaired) electrons. The monoisotopic (exact) mass is 681 g/mol. The van der Waals surface area contributed by atoms with Crippen molar-refractivity contribution < 1.29 is 29.0 Å². The maximum absolute atomic E-state index is 14.3. The molecule has 0 aromatic heterocycles. The van der Waals surface area contributed by atoms with E-state index in [2.05, 4.69) is 36.4 Å². The number of ether oxygens (including phenoxy) is 2. The normalized spacial score (nSPS) is 19.8. The molecule has 2 aromatic carbocycles. The predicted molar refractivity (Wildman–Crippen MR) is 196 cm³/mol. The number of unbranched alkanes of at least 4 members (excludes halogenated alkanes) is 2. The van der Waals surface area contributed by atoms with Gasteiger partial charge in [0.25, 0.3) is 5.91 Å². The number of hydrogen-bond acceptors (Lipinski definition) is 8. The van der Waals surface area contributed by atoms with Gasteiger partial charge < -0.3 is 40.7 Å². The van der Waals surface area contributed by atoms with Gasteiger partial charge in [-0.15, -0.1) is 0 Å². The number of likely N-dealkylation sites (N-methyl/N-ethyl adjacent to an activating group) is 1. The summed E-state index contributed by atoms with van der Waals surface area (Å²) < 4.78 is 12.7. The van der Waals surface area contributed by atoms with Crippen molar-refractivity contribution in [3.05, 3.63) is 48.0 Å². The molecule has 0 saturated heterocycles. The van der Waals surface area contributed by atoms with Crippen LogP contribution in [0.15, 0.2) is 42.5 Å². The minimum atomic E-state index is -0.437. The first-order valence-electron chi connectivity index (χ1n) is 18.0. The van der Waals surface area contributed by atoms with Crippen molar-refractivity contribution in [3.8, 4) is 5.75 Å². The minimum Gasteiger partial charge on any atom is -0.490 e. The van der Waals surface area contributed by atoms with Crippen LogP contribution in [0.1, 0.15) is 95.8 Å². The van der Waals surface area contributed by atoms with E-state index < -0.39 is 6.04 Å². The number of hydrogen-bond donors (Lipinski definition) is 4. The SMILES string of the molecule is CCCN(C)C[C@@H]1OCCCC[C@@H](C)Oc2ccc(NC(=O)CCCCCC(=O)Nc3ccccc3N)cc2C(=O)N([C@H](C)CO)C[C@@H]1C. The number of benzene rings is 2. The Kier molecular flexibility index (Phi) is 16.8. The first kappa shape index (κ1) is 39.8. The molecule has 0 saturated carbocycles. The number of carbonyl (C=O) groups is 3. The third-order valence-electron chi connectivity index (χ3n) is 8.97. The fourth-order valence-corrected chi connectivity index (χ4v) is 6.04. The third kappa shape index (κ3) is 13.3. The van der Waals surface area contributed by atoms with Crippen molar-refractivity contribution in [1.29, 1.82) is 0 Å². The highest BCUT2D eigenvalue weighted by molar-refractivity contribution is 6.00. The maximum Gasteiger partial charge on any atom is 0.258 e. The van der Waals surface area contributed by atoms with Gasteiger partial charge in [0, 0.05) is 44.1 Å². The number of para-hydroxylation sites is 2. The second kappa shape index (κ2) is 20.8. The molecular weight excluding hydrogens is 622 g/mol. The number of amides is 3. The van der Waals surface area contributed by atoms with Crippen molar-refractivity contribution in [2.45, 2.75) is 104 Å². The van der Waals surface area contributed by atoms with Crippen LogP contribution in [0.2, 0.25) is 0 Å². The number of nitrogens with zero attached hydrogens (tertiary/aromatic N) is 2. The van der Waals surface area contributed by atoms with E-state index in [1.165, 1.54) is 0 Å². The van der Waals surface area contributed by atoms with E-state index in [1.54, 1.807) is 35.2 Å². The molecule has 4 atom stereocenters. The highest BCUT2D eigenvalue weighted by atomic mass is 16.5. The van der Waals surface area contributed by atoms with E-state index in [9.17, 15) is 19.5 Å². The van der Waals surface area contributed by atoms with Gasteiger partial charge in [0.1, 0.15) is 5.75 Å². The van der Waals surface area contributed by atoms with Crippen molar-refractivity contribution in [2.75, 3.05) is 56.3 Å². The van der Waals surface area contributed by atoms with Gasteiger partial charge in [-0.2, -0.15) is 0 Å². The van der Waals surface area contributed by atoms with Gasteiger partial charge in [0.15, 0.2) is 0 Å². The van der Waals surface area contributed by atoms with Crippen LogP contribution >= 0.6 is 0 Å². The average molecular weight is 682 g/mol.